The standard InChI is InChI=1S/C12H25NO/c1-3-11(10-14-2)13-12-8-6-4-5-7-9-12/h11-13H,3-10H2,1-2H3. The highest BCUT2D eigenvalue weighted by molar-refractivity contribution is 4.75. The molecule has 0 aliphatic heterocycles. The minimum absolute atomic E-state index is 0.558. The summed E-state index contributed by atoms with van der Waals surface area (Å²) in [7, 11) is 1.79. The molecule has 2 nitrogen and oxygen atoms in total. The molecule has 0 aromatic carbocycles. The van der Waals surface area contributed by atoms with Crippen LogP contribution < -0.4 is 5.32 Å². The first-order chi connectivity index (χ1) is 6.86. The van der Waals surface area contributed by atoms with Gasteiger partial charge >= 0.3 is 0 Å². The Balaban J connectivity index is 2.24. The molecule has 0 aromatic rings. The molecule has 0 spiro atoms. The number of methoxy groups -OCH3 is 1. The lowest BCUT2D eigenvalue weighted by Crippen LogP contribution is -2.40. The van der Waals surface area contributed by atoms with Crippen LogP contribution >= 0.6 is 0 Å². The number of hydrogen-bond acceptors (Lipinski definition) is 2. The largest absolute Gasteiger partial charge is 0.383 e. The molecule has 0 bridgehead atoms. The van der Waals surface area contributed by atoms with Crippen LogP contribution in [0.3, 0.4) is 0 Å². The Hall–Kier alpha value is -0.0800. The average Bonchev–Trinajstić information content (AvgIpc) is 2.45. The molecule has 0 aromatic heterocycles. The van der Waals surface area contributed by atoms with Gasteiger partial charge in [-0.2, -0.15) is 0 Å². The zero-order valence-corrected chi connectivity index (χ0v) is 9.72. The van der Waals surface area contributed by atoms with Gasteiger partial charge in [-0.25, -0.2) is 0 Å². The van der Waals surface area contributed by atoms with Gasteiger partial charge in [0, 0.05) is 19.2 Å². The normalized spacial score (nSPS) is 21.9. The predicted octanol–water partition coefficient (Wildman–Crippen LogP) is 2.72. The Morgan fingerprint density at radius 3 is 2.36 bits per heavy atom. The molecule has 0 heterocycles. The summed E-state index contributed by atoms with van der Waals surface area (Å²) in [4.78, 5) is 0. The lowest BCUT2D eigenvalue weighted by Gasteiger charge is -2.23. The third-order valence-electron chi connectivity index (χ3n) is 3.19. The van der Waals surface area contributed by atoms with Crippen LogP contribution in [0.25, 0.3) is 0 Å². The van der Waals surface area contributed by atoms with Gasteiger partial charge in [0.15, 0.2) is 0 Å². The molecule has 1 unspecified atom stereocenters. The van der Waals surface area contributed by atoms with Crippen molar-refractivity contribution >= 4 is 0 Å². The molecule has 14 heavy (non-hydrogen) atoms. The number of rotatable bonds is 5. The van der Waals surface area contributed by atoms with Crippen molar-refractivity contribution < 1.29 is 4.74 Å². The molecule has 0 radical (unpaired) electrons. The Kier molecular flexibility index (Phi) is 6.20. The third-order valence-corrected chi connectivity index (χ3v) is 3.19. The summed E-state index contributed by atoms with van der Waals surface area (Å²) in [6, 6.07) is 1.31. The highest BCUT2D eigenvalue weighted by atomic mass is 16.5. The minimum atomic E-state index is 0.558. The number of ether oxygens (including phenoxy) is 1. The van der Waals surface area contributed by atoms with Gasteiger partial charge in [-0.1, -0.05) is 32.6 Å². The van der Waals surface area contributed by atoms with E-state index in [0.29, 0.717) is 6.04 Å². The number of hydrogen-bond donors (Lipinski definition) is 1. The number of nitrogens with one attached hydrogen (secondary N) is 1. The van der Waals surface area contributed by atoms with E-state index in [1.54, 1.807) is 7.11 Å². The molecule has 1 saturated carbocycles. The van der Waals surface area contributed by atoms with Gasteiger partial charge in [0.05, 0.1) is 6.61 Å². The van der Waals surface area contributed by atoms with Crippen molar-refractivity contribution in [2.45, 2.75) is 64.0 Å². The Bertz CT molecular complexity index is 130. The van der Waals surface area contributed by atoms with E-state index in [1.807, 2.05) is 0 Å². The lowest BCUT2D eigenvalue weighted by atomic mass is 10.1. The fourth-order valence-corrected chi connectivity index (χ4v) is 2.26. The van der Waals surface area contributed by atoms with Crippen molar-refractivity contribution in [2.24, 2.45) is 0 Å². The van der Waals surface area contributed by atoms with E-state index in [4.69, 9.17) is 4.74 Å². The summed E-state index contributed by atoms with van der Waals surface area (Å²) in [5.74, 6) is 0. The molecule has 84 valence electrons. The topological polar surface area (TPSA) is 21.3 Å². The van der Waals surface area contributed by atoms with Gasteiger partial charge in [-0.3, -0.25) is 0 Å². The molecule has 0 amide bonds. The first-order valence-corrected chi connectivity index (χ1v) is 6.11. The smallest absolute Gasteiger partial charge is 0.0615 e. The van der Waals surface area contributed by atoms with E-state index in [2.05, 4.69) is 12.2 Å². The van der Waals surface area contributed by atoms with Crippen molar-refractivity contribution in [3.05, 3.63) is 0 Å². The van der Waals surface area contributed by atoms with E-state index in [-0.39, 0.29) is 0 Å². The molecule has 0 saturated heterocycles. The van der Waals surface area contributed by atoms with Crippen molar-refractivity contribution in [3.8, 4) is 0 Å². The van der Waals surface area contributed by atoms with E-state index in [0.717, 1.165) is 12.6 Å². The maximum atomic E-state index is 5.21. The molecular weight excluding hydrogens is 174 g/mol. The zero-order valence-electron chi connectivity index (χ0n) is 9.72. The van der Waals surface area contributed by atoms with Gasteiger partial charge in [0.25, 0.3) is 0 Å². The Morgan fingerprint density at radius 1 is 1.21 bits per heavy atom. The van der Waals surface area contributed by atoms with E-state index >= 15 is 0 Å². The van der Waals surface area contributed by atoms with Crippen LogP contribution in [0.1, 0.15) is 51.9 Å². The predicted molar refractivity (Wildman–Crippen MR) is 60.6 cm³/mol. The maximum absolute atomic E-state index is 5.21. The van der Waals surface area contributed by atoms with Crippen LogP contribution in [-0.4, -0.2) is 25.8 Å². The second-order valence-corrected chi connectivity index (χ2v) is 4.42. The van der Waals surface area contributed by atoms with Gasteiger partial charge in [-0.05, 0) is 19.3 Å². The van der Waals surface area contributed by atoms with Crippen LogP contribution in [0.5, 0.6) is 0 Å². The molecule has 1 aliphatic carbocycles. The third kappa shape index (κ3) is 4.43. The lowest BCUT2D eigenvalue weighted by molar-refractivity contribution is 0.156. The summed E-state index contributed by atoms with van der Waals surface area (Å²) < 4.78 is 5.21. The van der Waals surface area contributed by atoms with Crippen LogP contribution in [0, 0.1) is 0 Å². The zero-order chi connectivity index (χ0) is 10.2. The maximum Gasteiger partial charge on any atom is 0.0615 e. The first kappa shape index (κ1) is 12.0. The molecular formula is C12H25NO. The van der Waals surface area contributed by atoms with E-state index in [9.17, 15) is 0 Å². The quantitative estimate of drug-likeness (QED) is 0.687. The second kappa shape index (κ2) is 7.24. The summed E-state index contributed by atoms with van der Waals surface area (Å²) in [5.41, 5.74) is 0. The van der Waals surface area contributed by atoms with Crippen molar-refractivity contribution in [1.29, 1.82) is 0 Å². The SMILES string of the molecule is CCC(COC)NC1CCCCCC1. The molecule has 1 rings (SSSR count). The van der Waals surface area contributed by atoms with Crippen LogP contribution in [0.15, 0.2) is 0 Å². The first-order valence-electron chi connectivity index (χ1n) is 6.11. The second-order valence-electron chi connectivity index (χ2n) is 4.42. The highest BCUT2D eigenvalue weighted by Gasteiger charge is 2.15. The van der Waals surface area contributed by atoms with Crippen molar-refractivity contribution in [1.82, 2.24) is 5.32 Å². The fourth-order valence-electron chi connectivity index (χ4n) is 2.26. The Labute approximate surface area is 88.4 Å². The van der Waals surface area contributed by atoms with Crippen molar-refractivity contribution in [3.63, 3.8) is 0 Å². The van der Waals surface area contributed by atoms with Crippen LogP contribution in [0.4, 0.5) is 0 Å². The minimum Gasteiger partial charge on any atom is -0.383 e. The van der Waals surface area contributed by atoms with Gasteiger partial charge in [0.2, 0.25) is 0 Å². The summed E-state index contributed by atoms with van der Waals surface area (Å²) >= 11 is 0. The average molecular weight is 199 g/mol. The summed E-state index contributed by atoms with van der Waals surface area (Å²) in [5, 5.41) is 3.72. The van der Waals surface area contributed by atoms with Crippen LogP contribution in [0.2, 0.25) is 0 Å². The molecule has 1 atom stereocenters. The Morgan fingerprint density at radius 2 is 1.86 bits per heavy atom. The highest BCUT2D eigenvalue weighted by Crippen LogP contribution is 2.17. The summed E-state index contributed by atoms with van der Waals surface area (Å²) in [6.07, 6.45) is 9.56. The monoisotopic (exact) mass is 199 g/mol. The van der Waals surface area contributed by atoms with Gasteiger partial charge in [0.1, 0.15) is 0 Å². The molecule has 1 N–H and O–H groups in total. The molecule has 1 fully saturated rings. The molecule has 2 heteroatoms. The van der Waals surface area contributed by atoms with Gasteiger partial charge < -0.3 is 10.1 Å². The van der Waals surface area contributed by atoms with E-state index < -0.39 is 0 Å². The fraction of sp³-hybridized carbons (Fsp3) is 1.00. The van der Waals surface area contributed by atoms with Crippen molar-refractivity contribution in [2.75, 3.05) is 13.7 Å². The molecule has 1 aliphatic rings. The van der Waals surface area contributed by atoms with E-state index in [1.165, 1.54) is 44.9 Å². The van der Waals surface area contributed by atoms with Crippen LogP contribution in [-0.2, 0) is 4.74 Å². The summed E-state index contributed by atoms with van der Waals surface area (Å²) in [6.45, 7) is 3.08. The van der Waals surface area contributed by atoms with Gasteiger partial charge in [-0.15, -0.1) is 0 Å².